The summed E-state index contributed by atoms with van der Waals surface area (Å²) in [7, 11) is 0. The van der Waals surface area contributed by atoms with Gasteiger partial charge in [0.2, 0.25) is 0 Å². The van der Waals surface area contributed by atoms with E-state index in [1.165, 1.54) is 54.0 Å². The van der Waals surface area contributed by atoms with E-state index in [0.29, 0.717) is 11.3 Å². The number of hydroxylamine groups is 1. The van der Waals surface area contributed by atoms with Crippen LogP contribution in [0.15, 0.2) is 72.8 Å². The van der Waals surface area contributed by atoms with Crippen LogP contribution in [-0.4, -0.2) is 39.2 Å². The van der Waals surface area contributed by atoms with Crippen molar-refractivity contribution in [2.45, 2.75) is 6.92 Å². The quantitative estimate of drug-likeness (QED) is 0.303. The second-order valence-electron chi connectivity index (χ2n) is 6.53. The zero-order valence-corrected chi connectivity index (χ0v) is 16.9. The molecule has 0 bridgehead atoms. The van der Waals surface area contributed by atoms with Gasteiger partial charge in [0.05, 0.1) is 11.1 Å². The summed E-state index contributed by atoms with van der Waals surface area (Å²) in [6, 6.07) is 18.5. The summed E-state index contributed by atoms with van der Waals surface area (Å²) < 4.78 is 0. The summed E-state index contributed by atoms with van der Waals surface area (Å²) >= 11 is 0. The molecule has 0 aliphatic rings. The van der Waals surface area contributed by atoms with Crippen LogP contribution in [0.4, 0.5) is 5.69 Å². The van der Waals surface area contributed by atoms with Gasteiger partial charge in [-0.05, 0) is 73.2 Å². The Kier molecular flexibility index (Phi) is 8.21. The lowest BCUT2D eigenvalue weighted by Crippen LogP contribution is -2.19. The topological polar surface area (TPSA) is 153 Å². The lowest BCUT2D eigenvalue weighted by Gasteiger charge is -2.06. The normalized spacial score (nSPS) is 9.69. The van der Waals surface area contributed by atoms with Crippen LogP contribution in [0.1, 0.15) is 47.0 Å². The van der Waals surface area contributed by atoms with Crippen LogP contribution in [0.2, 0.25) is 0 Å². The second kappa shape index (κ2) is 11.0. The molecule has 0 atom stereocenters. The molecule has 0 aliphatic heterocycles. The first kappa shape index (κ1) is 23.8. The Morgan fingerprint density at radius 1 is 0.656 bits per heavy atom. The molecular weight excluding hydrogens is 416 g/mol. The Hall–Kier alpha value is -4.50. The van der Waals surface area contributed by atoms with Crippen LogP contribution < -0.4 is 10.8 Å². The summed E-state index contributed by atoms with van der Waals surface area (Å²) in [5, 5.41) is 28.2. The molecule has 32 heavy (non-hydrogen) atoms. The van der Waals surface area contributed by atoms with E-state index in [-0.39, 0.29) is 22.6 Å². The molecule has 0 aliphatic carbocycles. The predicted octanol–water partition coefficient (Wildman–Crippen LogP) is 3.45. The molecule has 0 saturated carbocycles. The first-order chi connectivity index (χ1) is 15.2. The fraction of sp³-hybridized carbons (Fsp3) is 0.0435. The third kappa shape index (κ3) is 6.78. The molecule has 0 radical (unpaired) electrons. The molecule has 0 unspecified atom stereocenters. The Morgan fingerprint density at radius 2 is 1.09 bits per heavy atom. The third-order valence-electron chi connectivity index (χ3n) is 4.17. The van der Waals surface area contributed by atoms with Gasteiger partial charge in [0, 0.05) is 16.8 Å². The van der Waals surface area contributed by atoms with Gasteiger partial charge in [-0.25, -0.2) is 15.1 Å². The summed E-state index contributed by atoms with van der Waals surface area (Å²) in [5.41, 5.74) is 4.18. The average Bonchev–Trinajstić information content (AvgIpc) is 2.79. The van der Waals surface area contributed by atoms with Crippen molar-refractivity contribution in [2.24, 2.45) is 0 Å². The van der Waals surface area contributed by atoms with Crippen LogP contribution in [0.25, 0.3) is 0 Å². The highest BCUT2D eigenvalue weighted by atomic mass is 16.5. The maximum atomic E-state index is 12.0. The zero-order chi connectivity index (χ0) is 23.7. The second-order valence-corrected chi connectivity index (χ2v) is 6.53. The van der Waals surface area contributed by atoms with Gasteiger partial charge in [-0.2, -0.15) is 0 Å². The third-order valence-corrected chi connectivity index (χ3v) is 4.17. The maximum absolute atomic E-state index is 12.0. The number of hydrogen-bond donors (Lipinski definition) is 5. The summed E-state index contributed by atoms with van der Waals surface area (Å²) in [6.45, 7) is 1.94. The van der Waals surface area contributed by atoms with Gasteiger partial charge >= 0.3 is 11.9 Å². The number of benzene rings is 3. The Morgan fingerprint density at radius 3 is 1.50 bits per heavy atom. The Bertz CT molecular complexity index is 1090. The van der Waals surface area contributed by atoms with E-state index in [0.717, 1.165) is 5.56 Å². The minimum Gasteiger partial charge on any atom is -0.478 e. The van der Waals surface area contributed by atoms with Gasteiger partial charge in [-0.3, -0.25) is 14.8 Å². The fourth-order valence-corrected chi connectivity index (χ4v) is 2.52. The van der Waals surface area contributed by atoms with E-state index in [2.05, 4.69) is 5.32 Å². The van der Waals surface area contributed by atoms with Gasteiger partial charge in [0.1, 0.15) is 0 Å². The first-order valence-corrected chi connectivity index (χ1v) is 9.20. The van der Waals surface area contributed by atoms with Gasteiger partial charge in [-0.1, -0.05) is 12.1 Å². The van der Waals surface area contributed by atoms with Crippen molar-refractivity contribution >= 4 is 29.4 Å². The van der Waals surface area contributed by atoms with Crippen LogP contribution in [0.5, 0.6) is 0 Å². The van der Waals surface area contributed by atoms with Crippen LogP contribution in [0.3, 0.4) is 0 Å². The molecule has 5 N–H and O–H groups in total. The number of aryl methyl sites for hydroxylation is 1. The average molecular weight is 436 g/mol. The predicted molar refractivity (Wildman–Crippen MR) is 115 cm³/mol. The molecular formula is C23H20N2O7. The highest BCUT2D eigenvalue weighted by molar-refractivity contribution is 6.05. The standard InChI is InChI=1S/C15H14N2O3.C8H6O4/c1-10-3-2-4-13(9-10)16-14(18)11-5-7-12(8-6-11)15(19)17-20;9-7(10)5-1-2-6(4-3-5)8(11)12/h2-9,20H,1H3,(H,16,18)(H,17,19);1-4H,(H,9,10)(H,11,12). The molecule has 164 valence electrons. The number of carbonyl (C=O) groups excluding carboxylic acids is 2. The number of anilines is 1. The van der Waals surface area contributed by atoms with E-state index in [9.17, 15) is 19.2 Å². The highest BCUT2D eigenvalue weighted by Crippen LogP contribution is 2.12. The minimum atomic E-state index is -1.06. The number of amides is 2. The lowest BCUT2D eigenvalue weighted by atomic mass is 10.1. The number of carboxylic acids is 2. The molecule has 0 heterocycles. The molecule has 9 nitrogen and oxygen atoms in total. The minimum absolute atomic E-state index is 0.0833. The van der Waals surface area contributed by atoms with Crippen LogP contribution in [0, 0.1) is 6.92 Å². The van der Waals surface area contributed by atoms with E-state index >= 15 is 0 Å². The SMILES string of the molecule is Cc1cccc(NC(=O)c2ccc(C(=O)NO)cc2)c1.O=C(O)c1ccc(C(=O)O)cc1. The Labute approximate surface area is 182 Å². The van der Waals surface area contributed by atoms with Crippen molar-refractivity contribution in [3.63, 3.8) is 0 Å². The molecule has 3 aromatic carbocycles. The molecule has 0 saturated heterocycles. The maximum Gasteiger partial charge on any atom is 0.335 e. The molecule has 2 amide bonds. The first-order valence-electron chi connectivity index (χ1n) is 9.20. The zero-order valence-electron chi connectivity index (χ0n) is 16.9. The summed E-state index contributed by atoms with van der Waals surface area (Å²) in [5.74, 6) is -3.00. The van der Waals surface area contributed by atoms with Gasteiger partial charge in [0.15, 0.2) is 0 Å². The number of hydrogen-bond acceptors (Lipinski definition) is 5. The van der Waals surface area contributed by atoms with E-state index in [1.54, 1.807) is 6.07 Å². The summed E-state index contributed by atoms with van der Waals surface area (Å²) in [6.07, 6.45) is 0. The van der Waals surface area contributed by atoms with Crippen LogP contribution in [-0.2, 0) is 0 Å². The van der Waals surface area contributed by atoms with Crippen LogP contribution >= 0.6 is 0 Å². The lowest BCUT2D eigenvalue weighted by molar-refractivity contribution is 0.0681. The van der Waals surface area contributed by atoms with Gasteiger partial charge in [-0.15, -0.1) is 0 Å². The van der Waals surface area contributed by atoms with E-state index in [1.807, 2.05) is 25.1 Å². The van der Waals surface area contributed by atoms with Crippen molar-refractivity contribution in [1.82, 2.24) is 5.48 Å². The number of nitrogens with one attached hydrogen (secondary N) is 2. The Balaban J connectivity index is 0.000000258. The fourth-order valence-electron chi connectivity index (χ4n) is 2.52. The molecule has 9 heteroatoms. The molecule has 0 fully saturated rings. The number of carbonyl (C=O) groups is 4. The number of aromatic carboxylic acids is 2. The van der Waals surface area contributed by atoms with Crippen molar-refractivity contribution in [2.75, 3.05) is 5.32 Å². The molecule has 3 aromatic rings. The van der Waals surface area contributed by atoms with E-state index < -0.39 is 17.8 Å². The molecule has 3 rings (SSSR count). The highest BCUT2D eigenvalue weighted by Gasteiger charge is 2.09. The van der Waals surface area contributed by atoms with Crippen molar-refractivity contribution in [3.05, 3.63) is 101 Å². The van der Waals surface area contributed by atoms with Gasteiger partial charge in [0.25, 0.3) is 11.8 Å². The monoisotopic (exact) mass is 436 g/mol. The van der Waals surface area contributed by atoms with Crippen molar-refractivity contribution in [3.8, 4) is 0 Å². The van der Waals surface area contributed by atoms with Gasteiger partial charge < -0.3 is 15.5 Å². The summed E-state index contributed by atoms with van der Waals surface area (Å²) in [4.78, 5) is 43.8. The largest absolute Gasteiger partial charge is 0.478 e. The molecule has 0 spiro atoms. The van der Waals surface area contributed by atoms with Crippen molar-refractivity contribution in [1.29, 1.82) is 0 Å². The number of rotatable bonds is 5. The smallest absolute Gasteiger partial charge is 0.335 e. The number of carboxylic acid groups (broad SMARTS) is 2. The molecule has 0 aromatic heterocycles. The van der Waals surface area contributed by atoms with E-state index in [4.69, 9.17) is 15.4 Å². The van der Waals surface area contributed by atoms with Crippen molar-refractivity contribution < 1.29 is 34.6 Å².